The first-order valence-electron chi connectivity index (χ1n) is 6.20. The Bertz CT molecular complexity index is 348. The summed E-state index contributed by atoms with van der Waals surface area (Å²) < 4.78 is 4.99. The highest BCUT2D eigenvalue weighted by Gasteiger charge is 2.07. The first-order valence-corrected chi connectivity index (χ1v) is 7.60. The summed E-state index contributed by atoms with van der Waals surface area (Å²) in [4.78, 5) is 9.11. The summed E-state index contributed by atoms with van der Waals surface area (Å²) in [6.07, 6.45) is 3.04. The Hall–Kier alpha value is -0.650. The number of methoxy groups -OCH3 is 1. The number of aryl methyl sites for hydroxylation is 2. The van der Waals surface area contributed by atoms with Gasteiger partial charge in [-0.15, -0.1) is 0 Å². The van der Waals surface area contributed by atoms with Gasteiger partial charge >= 0.3 is 0 Å². The van der Waals surface area contributed by atoms with Crippen molar-refractivity contribution in [1.82, 2.24) is 15.3 Å². The molecule has 0 aromatic carbocycles. The molecule has 1 heterocycles. The molecule has 0 fully saturated rings. The van der Waals surface area contributed by atoms with Gasteiger partial charge in [-0.25, -0.2) is 9.97 Å². The average Bonchev–Trinajstić information content (AvgIpc) is 2.32. The van der Waals surface area contributed by atoms with Crippen LogP contribution < -0.4 is 5.32 Å². The summed E-state index contributed by atoms with van der Waals surface area (Å²) in [5, 5.41) is 3.34. The third-order valence-electron chi connectivity index (χ3n) is 2.78. The average molecular weight is 269 g/mol. The normalized spacial score (nSPS) is 10.9. The van der Waals surface area contributed by atoms with Crippen LogP contribution in [0.2, 0.25) is 0 Å². The molecule has 0 saturated heterocycles. The Morgan fingerprint density at radius 1 is 1.17 bits per heavy atom. The van der Waals surface area contributed by atoms with Gasteiger partial charge in [0.15, 0.2) is 0 Å². The predicted octanol–water partition coefficient (Wildman–Crippen LogP) is 1.73. The van der Waals surface area contributed by atoms with Crippen LogP contribution in [0.15, 0.2) is 0 Å². The van der Waals surface area contributed by atoms with Gasteiger partial charge in [0.25, 0.3) is 0 Å². The van der Waals surface area contributed by atoms with Crippen LogP contribution in [0.4, 0.5) is 0 Å². The number of nitrogens with zero attached hydrogens (tertiary/aromatic N) is 2. The first kappa shape index (κ1) is 15.4. The van der Waals surface area contributed by atoms with Crippen molar-refractivity contribution in [1.29, 1.82) is 0 Å². The molecule has 1 aromatic heterocycles. The highest BCUT2D eigenvalue weighted by molar-refractivity contribution is 7.97. The first-order chi connectivity index (χ1) is 8.69. The number of thioether (sulfide) groups is 1. The van der Waals surface area contributed by atoms with E-state index in [1.54, 1.807) is 18.9 Å². The van der Waals surface area contributed by atoms with Crippen LogP contribution in [-0.4, -0.2) is 43.0 Å². The fourth-order valence-corrected chi connectivity index (χ4v) is 2.26. The van der Waals surface area contributed by atoms with Gasteiger partial charge in [-0.2, -0.15) is 11.8 Å². The van der Waals surface area contributed by atoms with Gasteiger partial charge in [0.2, 0.25) is 0 Å². The van der Waals surface area contributed by atoms with Crippen molar-refractivity contribution < 1.29 is 4.74 Å². The van der Waals surface area contributed by atoms with Crippen LogP contribution in [0.1, 0.15) is 22.8 Å². The van der Waals surface area contributed by atoms with Crippen molar-refractivity contribution in [3.63, 3.8) is 0 Å². The SMILES string of the molecule is COCCNCCc1c(C)nc(CSC)nc1C. The van der Waals surface area contributed by atoms with E-state index in [9.17, 15) is 0 Å². The highest BCUT2D eigenvalue weighted by atomic mass is 32.2. The highest BCUT2D eigenvalue weighted by Crippen LogP contribution is 2.13. The number of aromatic nitrogens is 2. The molecule has 0 amide bonds. The van der Waals surface area contributed by atoms with Crippen LogP contribution in [0.5, 0.6) is 0 Å². The fraction of sp³-hybridized carbons (Fsp3) is 0.692. The molecule has 18 heavy (non-hydrogen) atoms. The van der Waals surface area contributed by atoms with Crippen molar-refractivity contribution in [2.45, 2.75) is 26.0 Å². The van der Waals surface area contributed by atoms with Gasteiger partial charge in [0.05, 0.1) is 12.4 Å². The topological polar surface area (TPSA) is 47.0 Å². The lowest BCUT2D eigenvalue weighted by atomic mass is 10.1. The molecule has 4 nitrogen and oxygen atoms in total. The summed E-state index contributed by atoms with van der Waals surface area (Å²) >= 11 is 1.75. The number of ether oxygens (including phenoxy) is 1. The largest absolute Gasteiger partial charge is 0.383 e. The molecular weight excluding hydrogens is 246 g/mol. The summed E-state index contributed by atoms with van der Waals surface area (Å²) in [6, 6.07) is 0. The van der Waals surface area contributed by atoms with Crippen LogP contribution in [0, 0.1) is 13.8 Å². The van der Waals surface area contributed by atoms with Gasteiger partial charge in [-0.1, -0.05) is 0 Å². The van der Waals surface area contributed by atoms with E-state index in [1.807, 2.05) is 0 Å². The smallest absolute Gasteiger partial charge is 0.138 e. The minimum Gasteiger partial charge on any atom is -0.383 e. The summed E-state index contributed by atoms with van der Waals surface area (Å²) in [5.41, 5.74) is 3.49. The zero-order valence-electron chi connectivity index (χ0n) is 11.7. The van der Waals surface area contributed by atoms with E-state index in [0.29, 0.717) is 0 Å². The van der Waals surface area contributed by atoms with Gasteiger partial charge in [0, 0.05) is 25.0 Å². The summed E-state index contributed by atoms with van der Waals surface area (Å²) in [7, 11) is 1.72. The zero-order valence-corrected chi connectivity index (χ0v) is 12.6. The molecule has 0 aliphatic rings. The Morgan fingerprint density at radius 3 is 2.39 bits per heavy atom. The molecule has 0 aliphatic heterocycles. The second kappa shape index (κ2) is 8.45. The molecule has 0 spiro atoms. The summed E-state index contributed by atoms with van der Waals surface area (Å²) in [5.74, 6) is 1.82. The Kier molecular flexibility index (Phi) is 7.23. The summed E-state index contributed by atoms with van der Waals surface area (Å²) in [6.45, 7) is 6.73. The second-order valence-corrected chi connectivity index (χ2v) is 5.08. The number of nitrogens with one attached hydrogen (secondary N) is 1. The van der Waals surface area contributed by atoms with E-state index in [4.69, 9.17) is 4.74 Å². The maximum Gasteiger partial charge on any atom is 0.138 e. The second-order valence-electron chi connectivity index (χ2n) is 4.22. The molecular formula is C13H23N3OS. The quantitative estimate of drug-likeness (QED) is 0.728. The van der Waals surface area contributed by atoms with Crippen LogP contribution in [0.3, 0.4) is 0 Å². The van der Waals surface area contributed by atoms with Gasteiger partial charge in [-0.05, 0) is 38.6 Å². The molecule has 0 unspecified atom stereocenters. The van der Waals surface area contributed by atoms with E-state index < -0.39 is 0 Å². The number of rotatable bonds is 8. The van der Waals surface area contributed by atoms with Crippen LogP contribution >= 0.6 is 11.8 Å². The van der Waals surface area contributed by atoms with Crippen molar-refractivity contribution in [3.8, 4) is 0 Å². The molecule has 0 radical (unpaired) electrons. The molecule has 1 aromatic rings. The minimum atomic E-state index is 0.751. The third kappa shape index (κ3) is 4.92. The molecule has 1 N–H and O–H groups in total. The maximum absolute atomic E-state index is 4.99. The van der Waals surface area contributed by atoms with Crippen LogP contribution in [0.25, 0.3) is 0 Å². The predicted molar refractivity (Wildman–Crippen MR) is 77.2 cm³/mol. The molecule has 0 atom stereocenters. The van der Waals surface area contributed by atoms with E-state index >= 15 is 0 Å². The maximum atomic E-state index is 4.99. The molecule has 5 heteroatoms. The molecule has 0 saturated carbocycles. The Balaban J connectivity index is 2.54. The van der Waals surface area contributed by atoms with Gasteiger partial charge < -0.3 is 10.1 Å². The Labute approximate surface area is 114 Å². The van der Waals surface area contributed by atoms with Crippen molar-refractivity contribution in [2.75, 3.05) is 33.1 Å². The molecule has 1 rings (SSSR count). The lowest BCUT2D eigenvalue weighted by Crippen LogP contribution is -2.22. The molecule has 0 aliphatic carbocycles. The van der Waals surface area contributed by atoms with Crippen LogP contribution in [-0.2, 0) is 16.9 Å². The van der Waals surface area contributed by atoms with Gasteiger partial charge in [-0.3, -0.25) is 0 Å². The monoisotopic (exact) mass is 269 g/mol. The fourth-order valence-electron chi connectivity index (χ4n) is 1.88. The van der Waals surface area contributed by atoms with E-state index in [2.05, 4.69) is 35.4 Å². The molecule has 0 bridgehead atoms. The third-order valence-corrected chi connectivity index (χ3v) is 3.32. The van der Waals surface area contributed by atoms with Gasteiger partial charge in [0.1, 0.15) is 5.82 Å². The van der Waals surface area contributed by atoms with E-state index in [1.165, 1.54) is 5.56 Å². The zero-order chi connectivity index (χ0) is 13.4. The number of hydrogen-bond acceptors (Lipinski definition) is 5. The van der Waals surface area contributed by atoms with Crippen molar-refractivity contribution in [3.05, 3.63) is 22.8 Å². The standard InChI is InChI=1S/C13H23N3OS/c1-10-12(5-6-14-7-8-17-3)11(2)16-13(15-10)9-18-4/h14H,5-9H2,1-4H3. The lowest BCUT2D eigenvalue weighted by molar-refractivity contribution is 0.199. The van der Waals surface area contributed by atoms with Crippen molar-refractivity contribution in [2.24, 2.45) is 0 Å². The Morgan fingerprint density at radius 2 is 1.83 bits per heavy atom. The lowest BCUT2D eigenvalue weighted by Gasteiger charge is -2.11. The molecule has 102 valence electrons. The van der Waals surface area contributed by atoms with Crippen molar-refractivity contribution >= 4 is 11.8 Å². The minimum absolute atomic E-state index is 0.751. The van der Waals surface area contributed by atoms with E-state index in [-0.39, 0.29) is 0 Å². The van der Waals surface area contributed by atoms with E-state index in [0.717, 1.165) is 49.1 Å². The number of hydrogen-bond donors (Lipinski definition) is 1.